The van der Waals surface area contributed by atoms with Crippen molar-refractivity contribution in [1.82, 2.24) is 33.2 Å². The summed E-state index contributed by atoms with van der Waals surface area (Å²) in [6.45, 7) is 0. The molecular weight excluding hydrogens is 927 g/mol. The van der Waals surface area contributed by atoms with Gasteiger partial charge in [0.15, 0.2) is 17.5 Å². The molecule has 0 unspecified atom stereocenters. The molecule has 0 fully saturated rings. The first kappa shape index (κ1) is 42.2. The summed E-state index contributed by atoms with van der Waals surface area (Å²) in [5.41, 5.74) is 15.8. The van der Waals surface area contributed by atoms with Crippen molar-refractivity contribution in [3.8, 4) is 56.9 Å². The Morgan fingerprint density at radius 2 is 0.592 bits per heavy atom. The van der Waals surface area contributed by atoms with Gasteiger partial charge in [-0.05, 0) is 78.9 Å². The van der Waals surface area contributed by atoms with Gasteiger partial charge in [0.25, 0.3) is 0 Å². The van der Waals surface area contributed by atoms with Crippen LogP contribution in [0.3, 0.4) is 0 Å². The fourth-order valence-corrected chi connectivity index (χ4v) is 12.2. The Labute approximate surface area is 436 Å². The number of nitrogens with zero attached hydrogens (tertiary/aromatic N) is 7. The number of fused-ring (bicyclic) bond motifs is 14. The molecule has 0 saturated carbocycles. The minimum absolute atomic E-state index is 0.576. The summed E-state index contributed by atoms with van der Waals surface area (Å²) in [5, 5.41) is 9.35. The molecule has 0 bridgehead atoms. The normalized spacial score (nSPS) is 11.9. The van der Waals surface area contributed by atoms with Crippen LogP contribution in [0.1, 0.15) is 0 Å². The highest BCUT2D eigenvalue weighted by Crippen LogP contribution is 2.48. The average molecular weight is 970 g/mol. The fourth-order valence-electron chi connectivity index (χ4n) is 12.2. The van der Waals surface area contributed by atoms with Gasteiger partial charge >= 0.3 is 0 Å². The molecule has 11 aromatic carbocycles. The maximum Gasteiger partial charge on any atom is 0.166 e. The smallest absolute Gasteiger partial charge is 0.166 e. The maximum atomic E-state index is 5.52. The Balaban J connectivity index is 1.12. The third kappa shape index (κ3) is 6.20. The lowest BCUT2D eigenvalue weighted by Crippen LogP contribution is -2.03. The molecule has 0 saturated heterocycles. The molecule has 0 radical (unpaired) electrons. The summed E-state index contributed by atoms with van der Waals surface area (Å²) < 4.78 is 9.80. The predicted molar refractivity (Wildman–Crippen MR) is 313 cm³/mol. The van der Waals surface area contributed by atoms with Gasteiger partial charge in [0.2, 0.25) is 0 Å². The summed E-state index contributed by atoms with van der Waals surface area (Å²) in [5.74, 6) is 1.78. The molecule has 7 heteroatoms. The van der Waals surface area contributed by atoms with Crippen molar-refractivity contribution in [2.75, 3.05) is 0 Å². The second-order valence-corrected chi connectivity index (χ2v) is 19.5. The van der Waals surface area contributed by atoms with Gasteiger partial charge in [0.05, 0.1) is 44.1 Å². The van der Waals surface area contributed by atoms with E-state index in [1.165, 1.54) is 43.4 Å². The number of hydrogen-bond acceptors (Lipinski definition) is 3. The van der Waals surface area contributed by atoms with E-state index in [2.05, 4.69) is 243 Å². The second kappa shape index (κ2) is 16.6. The number of aromatic nitrogens is 7. The Kier molecular flexibility index (Phi) is 9.20. The first-order chi connectivity index (χ1) is 37.7. The number of rotatable bonds is 7. The van der Waals surface area contributed by atoms with E-state index < -0.39 is 0 Å². The Hall–Kier alpha value is -10.4. The number of benzene rings is 11. The first-order valence-electron chi connectivity index (χ1n) is 25.8. The van der Waals surface area contributed by atoms with Gasteiger partial charge in [-0.1, -0.05) is 182 Å². The zero-order valence-corrected chi connectivity index (χ0v) is 41.0. The zero-order valence-electron chi connectivity index (χ0n) is 41.0. The number of para-hydroxylation sites is 6. The monoisotopic (exact) mass is 969 g/mol. The van der Waals surface area contributed by atoms with Crippen molar-refractivity contribution in [2.45, 2.75) is 0 Å². The molecule has 0 amide bonds. The van der Waals surface area contributed by atoms with E-state index in [0.717, 1.165) is 83.3 Å². The van der Waals surface area contributed by atoms with E-state index >= 15 is 0 Å². The van der Waals surface area contributed by atoms with E-state index in [4.69, 9.17) is 15.0 Å². The highest BCUT2D eigenvalue weighted by molar-refractivity contribution is 6.29. The SMILES string of the molecule is c1ccc(-c2nc(-c3ccccc3)nc(-c3cc(-n4c5ccccc5c5c4ccc4c6ccccc6n(-c6ccccc6)c45)cc4c5c(ccc6c7ccccc7n(-c7ccccc7)c65)n(-c5ccccc5)c34)n2)cc1. The highest BCUT2D eigenvalue weighted by Gasteiger charge is 2.28. The van der Waals surface area contributed by atoms with Crippen molar-refractivity contribution in [3.63, 3.8) is 0 Å². The molecular formula is C69H43N7. The quantitative estimate of drug-likeness (QED) is 0.160. The molecule has 0 N–H and O–H groups in total. The first-order valence-corrected chi connectivity index (χ1v) is 25.8. The Morgan fingerprint density at radius 1 is 0.224 bits per heavy atom. The topological polar surface area (TPSA) is 58.4 Å². The van der Waals surface area contributed by atoms with Crippen LogP contribution in [-0.2, 0) is 0 Å². The summed E-state index contributed by atoms with van der Waals surface area (Å²) in [4.78, 5) is 16.2. The number of hydrogen-bond donors (Lipinski definition) is 0. The maximum absolute atomic E-state index is 5.52. The van der Waals surface area contributed by atoms with Gasteiger partial charge < -0.3 is 18.3 Å². The van der Waals surface area contributed by atoms with Crippen molar-refractivity contribution in [3.05, 3.63) is 261 Å². The minimum Gasteiger partial charge on any atom is -0.309 e. The Bertz CT molecular complexity index is 4900. The summed E-state index contributed by atoms with van der Waals surface area (Å²) >= 11 is 0. The van der Waals surface area contributed by atoms with Gasteiger partial charge in [-0.3, -0.25) is 0 Å². The minimum atomic E-state index is 0.576. The molecule has 354 valence electrons. The van der Waals surface area contributed by atoms with Crippen molar-refractivity contribution in [2.24, 2.45) is 0 Å². The van der Waals surface area contributed by atoms with E-state index in [9.17, 15) is 0 Å². The molecule has 5 heterocycles. The molecule has 0 spiro atoms. The lowest BCUT2D eigenvalue weighted by molar-refractivity contribution is 1.07. The van der Waals surface area contributed by atoms with Crippen LogP contribution in [0, 0.1) is 0 Å². The molecule has 0 aliphatic heterocycles. The molecule has 0 aliphatic carbocycles. The van der Waals surface area contributed by atoms with E-state index in [-0.39, 0.29) is 0 Å². The molecule has 7 nitrogen and oxygen atoms in total. The van der Waals surface area contributed by atoms with Crippen LogP contribution in [0.5, 0.6) is 0 Å². The van der Waals surface area contributed by atoms with Crippen LogP contribution in [-0.4, -0.2) is 33.2 Å². The third-order valence-corrected chi connectivity index (χ3v) is 15.4. The van der Waals surface area contributed by atoms with Gasteiger partial charge in [0, 0.05) is 82.5 Å². The molecule has 16 rings (SSSR count). The Morgan fingerprint density at radius 3 is 1.08 bits per heavy atom. The van der Waals surface area contributed by atoms with E-state index in [1.54, 1.807) is 0 Å². The fraction of sp³-hybridized carbons (Fsp3) is 0. The van der Waals surface area contributed by atoms with Crippen LogP contribution in [0.15, 0.2) is 261 Å². The van der Waals surface area contributed by atoms with Crippen molar-refractivity contribution in [1.29, 1.82) is 0 Å². The van der Waals surface area contributed by atoms with Gasteiger partial charge in [0.1, 0.15) is 0 Å². The summed E-state index contributed by atoms with van der Waals surface area (Å²) in [7, 11) is 0. The van der Waals surface area contributed by atoms with Gasteiger partial charge in [-0.2, -0.15) is 0 Å². The van der Waals surface area contributed by atoms with Crippen LogP contribution in [0.25, 0.3) is 144 Å². The standard InChI is InChI=1S/C69H43N7/c1-6-22-44(23-7-1)67-70-68(45-24-8-2-9-25-45)72-69(71-67)56-43-49(73-59-37-21-18-34-54(59)62-60(73)40-38-52-50-32-16-19-35-57(50)74(65(52)62)46-26-10-3-11-27-46)42-55-63-61(76(64(55)56)48-30-14-5-15-31-48)41-39-53-51-33-17-20-36-58(51)75(66(53)63)47-28-12-4-13-29-47/h1-43H. The van der Waals surface area contributed by atoms with E-state index in [1.807, 2.05) is 36.4 Å². The largest absolute Gasteiger partial charge is 0.309 e. The average Bonchev–Trinajstić information content (AvgIpc) is 4.34. The second-order valence-electron chi connectivity index (χ2n) is 19.5. The lowest BCUT2D eigenvalue weighted by Gasteiger charge is -2.15. The zero-order chi connectivity index (χ0) is 49.8. The summed E-state index contributed by atoms with van der Waals surface area (Å²) in [6.07, 6.45) is 0. The summed E-state index contributed by atoms with van der Waals surface area (Å²) in [6, 6.07) is 93.3. The van der Waals surface area contributed by atoms with E-state index in [0.29, 0.717) is 17.5 Å². The van der Waals surface area contributed by atoms with Crippen LogP contribution >= 0.6 is 0 Å². The van der Waals surface area contributed by atoms with Gasteiger partial charge in [-0.25, -0.2) is 15.0 Å². The lowest BCUT2D eigenvalue weighted by atomic mass is 10.0. The third-order valence-electron chi connectivity index (χ3n) is 15.4. The highest BCUT2D eigenvalue weighted by atomic mass is 15.1. The molecule has 0 aliphatic rings. The molecule has 16 aromatic rings. The predicted octanol–water partition coefficient (Wildman–Crippen LogP) is 17.3. The van der Waals surface area contributed by atoms with Crippen LogP contribution in [0.2, 0.25) is 0 Å². The van der Waals surface area contributed by atoms with Crippen molar-refractivity contribution >= 4 is 87.2 Å². The molecule has 5 aromatic heterocycles. The van der Waals surface area contributed by atoms with Gasteiger partial charge in [-0.15, -0.1) is 0 Å². The molecule has 76 heavy (non-hydrogen) atoms. The van der Waals surface area contributed by atoms with Crippen LogP contribution in [0.4, 0.5) is 0 Å². The molecule has 0 atom stereocenters. The van der Waals surface area contributed by atoms with Crippen LogP contribution < -0.4 is 0 Å². The van der Waals surface area contributed by atoms with Crippen molar-refractivity contribution < 1.29 is 0 Å².